The summed E-state index contributed by atoms with van der Waals surface area (Å²) in [5.41, 5.74) is 5.68. The molecule has 0 saturated heterocycles. The molecule has 0 saturated carbocycles. The van der Waals surface area contributed by atoms with Gasteiger partial charge in [0.15, 0.2) is 0 Å². The Morgan fingerprint density at radius 3 is 2.55 bits per heavy atom. The zero-order valence-electron chi connectivity index (χ0n) is 11.8. The smallest absolute Gasteiger partial charge is 0.323 e. The van der Waals surface area contributed by atoms with Crippen LogP contribution in [-0.2, 0) is 9.53 Å². The maximum atomic E-state index is 11.3. The molecule has 0 spiro atoms. The molecule has 0 bridgehead atoms. The van der Waals surface area contributed by atoms with Crippen molar-refractivity contribution in [3.63, 3.8) is 0 Å². The first-order valence-corrected chi connectivity index (χ1v) is 7.59. The van der Waals surface area contributed by atoms with Gasteiger partial charge in [-0.3, -0.25) is 4.79 Å². The standard InChI is InChI=1S/C14H21NO4S/c1-3-18-14(16)13(15)10-20-9-8-19-12-6-4-11(17-2)5-7-12/h4-7,13H,3,8-10,15H2,1-2H3. The molecular formula is C14H21NO4S. The second-order valence-electron chi connectivity index (χ2n) is 3.96. The second-order valence-corrected chi connectivity index (χ2v) is 5.11. The predicted octanol–water partition coefficient (Wildman–Crippen LogP) is 1.70. The molecule has 6 heteroatoms. The molecule has 112 valence electrons. The third-order valence-electron chi connectivity index (χ3n) is 2.44. The van der Waals surface area contributed by atoms with Crippen molar-refractivity contribution < 1.29 is 19.0 Å². The van der Waals surface area contributed by atoms with Gasteiger partial charge >= 0.3 is 5.97 Å². The summed E-state index contributed by atoms with van der Waals surface area (Å²) in [6.45, 7) is 2.69. The normalized spacial score (nSPS) is 11.8. The molecule has 0 radical (unpaired) electrons. The molecule has 20 heavy (non-hydrogen) atoms. The summed E-state index contributed by atoms with van der Waals surface area (Å²) in [7, 11) is 1.62. The molecule has 0 aliphatic rings. The molecule has 0 fully saturated rings. The van der Waals surface area contributed by atoms with Crippen LogP contribution in [0.1, 0.15) is 6.92 Å². The van der Waals surface area contributed by atoms with Crippen molar-refractivity contribution >= 4 is 17.7 Å². The maximum Gasteiger partial charge on any atom is 0.323 e. The number of carbonyl (C=O) groups excluding carboxylic acids is 1. The minimum absolute atomic E-state index is 0.351. The van der Waals surface area contributed by atoms with Crippen molar-refractivity contribution in [1.29, 1.82) is 0 Å². The first-order valence-electron chi connectivity index (χ1n) is 6.44. The number of rotatable bonds is 9. The molecule has 0 aliphatic carbocycles. The largest absolute Gasteiger partial charge is 0.497 e. The molecule has 1 unspecified atom stereocenters. The zero-order chi connectivity index (χ0) is 14.8. The van der Waals surface area contributed by atoms with Crippen molar-refractivity contribution in [2.45, 2.75) is 13.0 Å². The lowest BCUT2D eigenvalue weighted by Gasteiger charge is -2.10. The van der Waals surface area contributed by atoms with Crippen LogP contribution in [0, 0.1) is 0 Å². The van der Waals surface area contributed by atoms with Crippen LogP contribution in [-0.4, -0.2) is 43.8 Å². The summed E-state index contributed by atoms with van der Waals surface area (Å²) in [5.74, 6) is 2.54. The van der Waals surface area contributed by atoms with Gasteiger partial charge in [0.1, 0.15) is 17.5 Å². The molecule has 5 nitrogen and oxygen atoms in total. The Morgan fingerprint density at radius 1 is 1.30 bits per heavy atom. The lowest BCUT2D eigenvalue weighted by Crippen LogP contribution is -2.34. The van der Waals surface area contributed by atoms with E-state index in [1.54, 1.807) is 25.8 Å². The average molecular weight is 299 g/mol. The van der Waals surface area contributed by atoms with Gasteiger partial charge in [0.25, 0.3) is 0 Å². The van der Waals surface area contributed by atoms with E-state index in [0.29, 0.717) is 19.0 Å². The van der Waals surface area contributed by atoms with E-state index in [1.165, 1.54) is 0 Å². The van der Waals surface area contributed by atoms with Crippen molar-refractivity contribution in [2.75, 3.05) is 31.8 Å². The van der Waals surface area contributed by atoms with E-state index in [9.17, 15) is 4.79 Å². The van der Waals surface area contributed by atoms with Crippen LogP contribution in [0.15, 0.2) is 24.3 Å². The molecule has 0 aliphatic heterocycles. The van der Waals surface area contributed by atoms with Crippen LogP contribution in [0.3, 0.4) is 0 Å². The monoisotopic (exact) mass is 299 g/mol. The number of hydrogen-bond acceptors (Lipinski definition) is 6. The molecule has 0 amide bonds. The average Bonchev–Trinajstić information content (AvgIpc) is 2.47. The molecule has 0 heterocycles. The Labute approximate surface area is 123 Å². The molecule has 1 rings (SSSR count). The lowest BCUT2D eigenvalue weighted by atomic mass is 10.3. The van der Waals surface area contributed by atoms with Crippen LogP contribution in [0.25, 0.3) is 0 Å². The quantitative estimate of drug-likeness (QED) is 0.553. The van der Waals surface area contributed by atoms with Gasteiger partial charge in [-0.15, -0.1) is 0 Å². The Morgan fingerprint density at radius 2 is 1.95 bits per heavy atom. The summed E-state index contributed by atoms with van der Waals surface area (Å²) in [6, 6.07) is 6.83. The third kappa shape index (κ3) is 6.16. The van der Waals surface area contributed by atoms with E-state index >= 15 is 0 Å². The van der Waals surface area contributed by atoms with Crippen molar-refractivity contribution in [2.24, 2.45) is 5.73 Å². The molecule has 0 aromatic heterocycles. The van der Waals surface area contributed by atoms with E-state index in [-0.39, 0.29) is 5.97 Å². The number of carbonyl (C=O) groups is 1. The summed E-state index contributed by atoms with van der Waals surface area (Å²) in [4.78, 5) is 11.3. The summed E-state index contributed by atoms with van der Waals surface area (Å²) in [5, 5.41) is 0. The molecule has 1 aromatic rings. The highest BCUT2D eigenvalue weighted by Crippen LogP contribution is 2.17. The highest BCUT2D eigenvalue weighted by Gasteiger charge is 2.13. The number of benzene rings is 1. The van der Waals surface area contributed by atoms with Gasteiger partial charge in [-0.05, 0) is 31.2 Å². The van der Waals surface area contributed by atoms with E-state index < -0.39 is 6.04 Å². The summed E-state index contributed by atoms with van der Waals surface area (Å²) < 4.78 is 15.5. The highest BCUT2D eigenvalue weighted by atomic mass is 32.2. The topological polar surface area (TPSA) is 70.8 Å². The fourth-order valence-electron chi connectivity index (χ4n) is 1.42. The van der Waals surface area contributed by atoms with Crippen molar-refractivity contribution in [3.05, 3.63) is 24.3 Å². The highest BCUT2D eigenvalue weighted by molar-refractivity contribution is 7.99. The summed E-state index contributed by atoms with van der Waals surface area (Å²) in [6.07, 6.45) is 0. The predicted molar refractivity (Wildman–Crippen MR) is 80.4 cm³/mol. The number of ether oxygens (including phenoxy) is 3. The lowest BCUT2D eigenvalue weighted by molar-refractivity contribution is -0.144. The van der Waals surface area contributed by atoms with Gasteiger partial charge < -0.3 is 19.9 Å². The van der Waals surface area contributed by atoms with Gasteiger partial charge in [0, 0.05) is 11.5 Å². The van der Waals surface area contributed by atoms with E-state index in [1.807, 2.05) is 24.3 Å². The van der Waals surface area contributed by atoms with Gasteiger partial charge in [-0.1, -0.05) is 0 Å². The molecule has 1 atom stereocenters. The SMILES string of the molecule is CCOC(=O)C(N)CSCCOc1ccc(OC)cc1. The zero-order valence-corrected chi connectivity index (χ0v) is 12.7. The second kappa shape index (κ2) is 9.50. The van der Waals surface area contributed by atoms with Gasteiger partial charge in [0.2, 0.25) is 0 Å². The minimum atomic E-state index is -0.569. The number of nitrogens with two attached hydrogens (primary N) is 1. The van der Waals surface area contributed by atoms with E-state index in [2.05, 4.69) is 0 Å². The fraction of sp³-hybridized carbons (Fsp3) is 0.500. The number of thioether (sulfide) groups is 1. The fourth-order valence-corrected chi connectivity index (χ4v) is 2.18. The van der Waals surface area contributed by atoms with Crippen molar-refractivity contribution in [3.8, 4) is 11.5 Å². The maximum absolute atomic E-state index is 11.3. The first kappa shape index (κ1) is 16.7. The first-order chi connectivity index (χ1) is 9.67. The van der Waals surface area contributed by atoms with Crippen LogP contribution >= 0.6 is 11.8 Å². The summed E-state index contributed by atoms with van der Waals surface area (Å²) >= 11 is 1.57. The molecule has 2 N–H and O–H groups in total. The van der Waals surface area contributed by atoms with Gasteiger partial charge in [0.05, 0.1) is 20.3 Å². The number of hydrogen-bond donors (Lipinski definition) is 1. The molecular weight excluding hydrogens is 278 g/mol. The van der Waals surface area contributed by atoms with Crippen LogP contribution in [0.2, 0.25) is 0 Å². The van der Waals surface area contributed by atoms with Crippen molar-refractivity contribution in [1.82, 2.24) is 0 Å². The Balaban J connectivity index is 2.13. The van der Waals surface area contributed by atoms with Gasteiger partial charge in [-0.2, -0.15) is 11.8 Å². The third-order valence-corrected chi connectivity index (χ3v) is 3.49. The minimum Gasteiger partial charge on any atom is -0.497 e. The Bertz CT molecular complexity index is 397. The van der Waals surface area contributed by atoms with Crippen LogP contribution in [0.4, 0.5) is 0 Å². The number of esters is 1. The van der Waals surface area contributed by atoms with E-state index in [0.717, 1.165) is 17.3 Å². The van der Waals surface area contributed by atoms with Gasteiger partial charge in [-0.25, -0.2) is 0 Å². The van der Waals surface area contributed by atoms with Crippen LogP contribution < -0.4 is 15.2 Å². The van der Waals surface area contributed by atoms with E-state index in [4.69, 9.17) is 19.9 Å². The van der Waals surface area contributed by atoms with Crippen LogP contribution in [0.5, 0.6) is 11.5 Å². The molecule has 1 aromatic carbocycles. The Hall–Kier alpha value is -1.40. The number of methoxy groups -OCH3 is 1. The Kier molecular flexibility index (Phi) is 7.91.